The molecule has 0 aliphatic carbocycles. The Bertz CT molecular complexity index is 606. The molecule has 3 rings (SSSR count). The summed E-state index contributed by atoms with van der Waals surface area (Å²) in [5.41, 5.74) is 7.30. The smallest absolute Gasteiger partial charge is 0.0753 e. The molecule has 3 nitrogen and oxygen atoms in total. The van der Waals surface area contributed by atoms with E-state index in [1.807, 2.05) is 11.3 Å². The topological polar surface area (TPSA) is 38.5 Å². The number of nitrogens with zero attached hydrogens (tertiary/aromatic N) is 1. The predicted octanol–water partition coefficient (Wildman–Crippen LogP) is 2.97. The van der Waals surface area contributed by atoms with Crippen LogP contribution in [0.1, 0.15) is 24.3 Å². The molecule has 0 saturated carbocycles. The van der Waals surface area contributed by atoms with E-state index in [2.05, 4.69) is 43.0 Å². The molecule has 1 aliphatic heterocycles. The van der Waals surface area contributed by atoms with Gasteiger partial charge in [-0.1, -0.05) is 18.2 Å². The highest BCUT2D eigenvalue weighted by molar-refractivity contribution is 7.19. The summed E-state index contributed by atoms with van der Waals surface area (Å²) in [4.78, 5) is 3.80. The van der Waals surface area contributed by atoms with Crippen LogP contribution in [-0.4, -0.2) is 30.2 Å². The fourth-order valence-electron chi connectivity index (χ4n) is 2.96. The number of thiophene rings is 1. The van der Waals surface area contributed by atoms with E-state index in [0.717, 1.165) is 26.2 Å². The molecule has 1 aromatic heterocycles. The molecule has 108 valence electrons. The first-order valence-corrected chi connectivity index (χ1v) is 7.96. The van der Waals surface area contributed by atoms with Crippen molar-refractivity contribution in [3.8, 4) is 0 Å². The lowest BCUT2D eigenvalue weighted by Crippen LogP contribution is -2.47. The van der Waals surface area contributed by atoms with E-state index in [4.69, 9.17) is 10.5 Å². The van der Waals surface area contributed by atoms with Crippen molar-refractivity contribution >= 4 is 21.4 Å². The molecule has 4 heteroatoms. The van der Waals surface area contributed by atoms with Crippen molar-refractivity contribution in [2.45, 2.75) is 32.5 Å². The van der Waals surface area contributed by atoms with Gasteiger partial charge in [-0.05, 0) is 30.9 Å². The van der Waals surface area contributed by atoms with Gasteiger partial charge in [0.15, 0.2) is 0 Å². The Balaban J connectivity index is 1.90. The standard InChI is InChI=1S/C16H22N2OS/c1-16(2)11-18(7-8-19-16)10-13-12-5-3-4-6-14(12)20-15(13)9-17/h3-6H,7-11,17H2,1-2H3. The third-order valence-electron chi connectivity index (χ3n) is 3.85. The van der Waals surface area contributed by atoms with Gasteiger partial charge in [-0.2, -0.15) is 0 Å². The number of nitrogens with two attached hydrogens (primary N) is 1. The highest BCUT2D eigenvalue weighted by Gasteiger charge is 2.28. The van der Waals surface area contributed by atoms with E-state index in [1.165, 1.54) is 20.5 Å². The zero-order chi connectivity index (χ0) is 14.2. The van der Waals surface area contributed by atoms with Crippen LogP contribution in [-0.2, 0) is 17.8 Å². The first kappa shape index (κ1) is 14.0. The quantitative estimate of drug-likeness (QED) is 0.944. The molecule has 2 N–H and O–H groups in total. The van der Waals surface area contributed by atoms with Crippen molar-refractivity contribution in [2.24, 2.45) is 5.73 Å². The summed E-state index contributed by atoms with van der Waals surface area (Å²) in [5.74, 6) is 0. The molecule has 1 aromatic carbocycles. The molecule has 0 bridgehead atoms. The van der Waals surface area contributed by atoms with Gasteiger partial charge in [0.1, 0.15) is 0 Å². The molecule has 0 unspecified atom stereocenters. The van der Waals surface area contributed by atoms with Crippen LogP contribution in [0.2, 0.25) is 0 Å². The first-order chi connectivity index (χ1) is 9.59. The maximum absolute atomic E-state index is 5.94. The van der Waals surface area contributed by atoms with Crippen molar-refractivity contribution in [3.05, 3.63) is 34.7 Å². The first-order valence-electron chi connectivity index (χ1n) is 7.15. The molecule has 0 radical (unpaired) electrons. The molecule has 0 spiro atoms. The van der Waals surface area contributed by atoms with Crippen LogP contribution >= 0.6 is 11.3 Å². The maximum atomic E-state index is 5.94. The van der Waals surface area contributed by atoms with Gasteiger partial charge in [0.25, 0.3) is 0 Å². The van der Waals surface area contributed by atoms with E-state index >= 15 is 0 Å². The lowest BCUT2D eigenvalue weighted by Gasteiger charge is -2.38. The second-order valence-corrected chi connectivity index (χ2v) is 7.16. The summed E-state index contributed by atoms with van der Waals surface area (Å²) in [7, 11) is 0. The van der Waals surface area contributed by atoms with Crippen LogP contribution in [0.15, 0.2) is 24.3 Å². The Hall–Kier alpha value is -0.940. The van der Waals surface area contributed by atoms with Crippen molar-refractivity contribution in [3.63, 3.8) is 0 Å². The largest absolute Gasteiger partial charge is 0.373 e. The number of fused-ring (bicyclic) bond motifs is 1. The van der Waals surface area contributed by atoms with Gasteiger partial charge < -0.3 is 10.5 Å². The minimum atomic E-state index is -0.0487. The van der Waals surface area contributed by atoms with Crippen LogP contribution in [0.3, 0.4) is 0 Å². The van der Waals surface area contributed by atoms with Gasteiger partial charge in [0.2, 0.25) is 0 Å². The highest BCUT2D eigenvalue weighted by atomic mass is 32.1. The molecule has 1 saturated heterocycles. The molecule has 2 heterocycles. The third-order valence-corrected chi connectivity index (χ3v) is 5.09. The second kappa shape index (κ2) is 5.45. The minimum Gasteiger partial charge on any atom is -0.373 e. The van der Waals surface area contributed by atoms with E-state index in [9.17, 15) is 0 Å². The van der Waals surface area contributed by atoms with E-state index < -0.39 is 0 Å². The summed E-state index contributed by atoms with van der Waals surface area (Å²) < 4.78 is 7.14. The number of benzene rings is 1. The molecular weight excluding hydrogens is 268 g/mol. The molecular formula is C16H22N2OS. The molecule has 20 heavy (non-hydrogen) atoms. The van der Waals surface area contributed by atoms with Crippen molar-refractivity contribution in [2.75, 3.05) is 19.7 Å². The van der Waals surface area contributed by atoms with Crippen molar-refractivity contribution in [1.82, 2.24) is 4.90 Å². The van der Waals surface area contributed by atoms with Crippen molar-refractivity contribution in [1.29, 1.82) is 0 Å². The number of rotatable bonds is 3. The lowest BCUT2D eigenvalue weighted by atomic mass is 10.1. The maximum Gasteiger partial charge on any atom is 0.0753 e. The van der Waals surface area contributed by atoms with Gasteiger partial charge in [-0.3, -0.25) is 4.90 Å². The average Bonchev–Trinajstić information content (AvgIpc) is 2.76. The summed E-state index contributed by atoms with van der Waals surface area (Å²) >= 11 is 1.83. The lowest BCUT2D eigenvalue weighted by molar-refractivity contribution is -0.0882. The summed E-state index contributed by atoms with van der Waals surface area (Å²) in [6.45, 7) is 8.71. The van der Waals surface area contributed by atoms with Crippen LogP contribution in [0.5, 0.6) is 0 Å². The molecule has 0 atom stereocenters. The number of hydrogen-bond acceptors (Lipinski definition) is 4. The van der Waals surface area contributed by atoms with E-state index in [1.54, 1.807) is 0 Å². The van der Waals surface area contributed by atoms with Gasteiger partial charge in [-0.15, -0.1) is 11.3 Å². The average molecular weight is 290 g/mol. The Morgan fingerprint density at radius 1 is 1.35 bits per heavy atom. The molecule has 1 fully saturated rings. The SMILES string of the molecule is CC1(C)CN(Cc2c(CN)sc3ccccc23)CCO1. The number of ether oxygens (including phenoxy) is 1. The van der Waals surface area contributed by atoms with E-state index in [-0.39, 0.29) is 5.60 Å². The second-order valence-electron chi connectivity index (χ2n) is 6.02. The van der Waals surface area contributed by atoms with Gasteiger partial charge in [0.05, 0.1) is 12.2 Å². The summed E-state index contributed by atoms with van der Waals surface area (Å²) in [5, 5.41) is 1.36. The normalized spacial score (nSPS) is 19.6. The fourth-order valence-corrected chi connectivity index (χ4v) is 4.05. The van der Waals surface area contributed by atoms with Gasteiger partial charge in [-0.25, -0.2) is 0 Å². The zero-order valence-corrected chi connectivity index (χ0v) is 13.0. The van der Waals surface area contributed by atoms with Crippen LogP contribution in [0.4, 0.5) is 0 Å². The minimum absolute atomic E-state index is 0.0487. The van der Waals surface area contributed by atoms with Crippen LogP contribution < -0.4 is 5.73 Å². The number of morpholine rings is 1. The summed E-state index contributed by atoms with van der Waals surface area (Å²) in [6.07, 6.45) is 0. The van der Waals surface area contributed by atoms with Crippen molar-refractivity contribution < 1.29 is 4.74 Å². The zero-order valence-electron chi connectivity index (χ0n) is 12.2. The highest BCUT2D eigenvalue weighted by Crippen LogP contribution is 2.32. The molecule has 0 amide bonds. The third kappa shape index (κ3) is 2.74. The Morgan fingerprint density at radius 2 is 2.15 bits per heavy atom. The summed E-state index contributed by atoms with van der Waals surface area (Å²) in [6, 6.07) is 8.61. The Labute approximate surface area is 124 Å². The monoisotopic (exact) mass is 290 g/mol. The predicted molar refractivity (Wildman–Crippen MR) is 85.0 cm³/mol. The Morgan fingerprint density at radius 3 is 2.90 bits per heavy atom. The van der Waals surface area contributed by atoms with Crippen LogP contribution in [0, 0.1) is 0 Å². The Kier molecular flexibility index (Phi) is 3.82. The molecule has 2 aromatic rings. The van der Waals surface area contributed by atoms with Crippen LogP contribution in [0.25, 0.3) is 10.1 Å². The van der Waals surface area contributed by atoms with Gasteiger partial charge >= 0.3 is 0 Å². The van der Waals surface area contributed by atoms with E-state index in [0.29, 0.717) is 6.54 Å². The number of hydrogen-bond donors (Lipinski definition) is 1. The molecule has 1 aliphatic rings. The fraction of sp³-hybridized carbons (Fsp3) is 0.500. The van der Waals surface area contributed by atoms with Gasteiger partial charge in [0, 0.05) is 35.8 Å².